The molecule has 0 fully saturated rings. The predicted molar refractivity (Wildman–Crippen MR) is 51.4 cm³/mol. The Bertz CT molecular complexity index is 323. The molecule has 0 aromatic heterocycles. The quantitative estimate of drug-likeness (QED) is 0.807. The summed E-state index contributed by atoms with van der Waals surface area (Å²) in [6.45, 7) is -0.0535. The normalized spacial score (nSPS) is 9.77. The molecular formula is C9H9BrO3. The van der Waals surface area contributed by atoms with Crippen LogP contribution in [0.3, 0.4) is 0 Å². The van der Waals surface area contributed by atoms with Crippen LogP contribution < -0.4 is 0 Å². The first-order valence-corrected chi connectivity index (χ1v) is 4.46. The summed E-state index contributed by atoms with van der Waals surface area (Å²) >= 11 is 3.24. The topological polar surface area (TPSA) is 46.5 Å². The molecule has 0 unspecified atom stereocenters. The summed E-state index contributed by atoms with van der Waals surface area (Å²) in [4.78, 5) is 11.1. The molecular weight excluding hydrogens is 236 g/mol. The fraction of sp³-hybridized carbons (Fsp3) is 0.222. The first-order valence-electron chi connectivity index (χ1n) is 3.66. The number of hydrogen-bond donors (Lipinski definition) is 1. The van der Waals surface area contributed by atoms with E-state index >= 15 is 0 Å². The van der Waals surface area contributed by atoms with E-state index in [4.69, 9.17) is 5.11 Å². The minimum Gasteiger partial charge on any atom is -0.465 e. The lowest BCUT2D eigenvalue weighted by Crippen LogP contribution is -2.01. The lowest BCUT2D eigenvalue weighted by atomic mass is 10.1. The van der Waals surface area contributed by atoms with E-state index in [1.54, 1.807) is 18.2 Å². The van der Waals surface area contributed by atoms with Crippen LogP contribution in [0.4, 0.5) is 0 Å². The van der Waals surface area contributed by atoms with Crippen molar-refractivity contribution in [3.63, 3.8) is 0 Å². The zero-order chi connectivity index (χ0) is 9.84. The highest BCUT2D eigenvalue weighted by molar-refractivity contribution is 9.10. The molecule has 1 rings (SSSR count). The van der Waals surface area contributed by atoms with Crippen molar-refractivity contribution in [2.45, 2.75) is 6.61 Å². The van der Waals surface area contributed by atoms with E-state index in [-0.39, 0.29) is 12.6 Å². The molecule has 1 aromatic carbocycles. The van der Waals surface area contributed by atoms with Gasteiger partial charge in [-0.25, -0.2) is 4.79 Å². The zero-order valence-electron chi connectivity index (χ0n) is 7.08. The number of ether oxygens (including phenoxy) is 1. The molecule has 4 heteroatoms. The van der Waals surface area contributed by atoms with Crippen molar-refractivity contribution in [1.29, 1.82) is 0 Å². The van der Waals surface area contributed by atoms with Gasteiger partial charge in [-0.05, 0) is 17.7 Å². The van der Waals surface area contributed by atoms with Crippen molar-refractivity contribution in [2.75, 3.05) is 7.11 Å². The van der Waals surface area contributed by atoms with Gasteiger partial charge in [-0.15, -0.1) is 0 Å². The molecule has 0 aliphatic rings. The van der Waals surface area contributed by atoms with Crippen LogP contribution in [-0.4, -0.2) is 18.2 Å². The Balaban J connectivity index is 3.02. The van der Waals surface area contributed by atoms with E-state index in [9.17, 15) is 4.79 Å². The van der Waals surface area contributed by atoms with E-state index in [2.05, 4.69) is 20.7 Å². The van der Waals surface area contributed by atoms with Crippen LogP contribution >= 0.6 is 15.9 Å². The van der Waals surface area contributed by atoms with Crippen molar-refractivity contribution >= 4 is 21.9 Å². The third-order valence-corrected chi connectivity index (χ3v) is 2.38. The van der Waals surface area contributed by atoms with Crippen LogP contribution in [0.2, 0.25) is 0 Å². The minimum absolute atomic E-state index is 0.0535. The van der Waals surface area contributed by atoms with Crippen LogP contribution in [0.5, 0.6) is 0 Å². The third-order valence-electron chi connectivity index (χ3n) is 1.64. The molecule has 0 heterocycles. The molecule has 0 saturated carbocycles. The Kier molecular flexibility index (Phi) is 3.45. The Hall–Kier alpha value is -0.870. The van der Waals surface area contributed by atoms with Crippen LogP contribution in [-0.2, 0) is 11.3 Å². The highest BCUT2D eigenvalue weighted by atomic mass is 79.9. The van der Waals surface area contributed by atoms with Crippen LogP contribution in [0.25, 0.3) is 0 Å². The summed E-state index contributed by atoms with van der Waals surface area (Å²) in [6.07, 6.45) is 0. The highest BCUT2D eigenvalue weighted by Crippen LogP contribution is 2.18. The second-order valence-electron chi connectivity index (χ2n) is 2.46. The number of rotatable bonds is 2. The second-order valence-corrected chi connectivity index (χ2v) is 3.31. The van der Waals surface area contributed by atoms with Gasteiger partial charge in [0.25, 0.3) is 0 Å². The number of methoxy groups -OCH3 is 1. The van der Waals surface area contributed by atoms with Gasteiger partial charge in [-0.3, -0.25) is 0 Å². The van der Waals surface area contributed by atoms with Crippen molar-refractivity contribution in [3.05, 3.63) is 33.8 Å². The Morgan fingerprint density at radius 3 is 2.77 bits per heavy atom. The Labute approximate surface area is 84.5 Å². The average Bonchev–Trinajstić information content (AvgIpc) is 2.16. The first-order chi connectivity index (χ1) is 6.19. The number of carbonyl (C=O) groups is 1. The number of aliphatic hydroxyl groups excluding tert-OH is 1. The van der Waals surface area contributed by atoms with Gasteiger partial charge in [-0.1, -0.05) is 22.0 Å². The van der Waals surface area contributed by atoms with E-state index in [1.807, 2.05) is 0 Å². The average molecular weight is 245 g/mol. The molecule has 13 heavy (non-hydrogen) atoms. The van der Waals surface area contributed by atoms with Gasteiger partial charge < -0.3 is 9.84 Å². The monoisotopic (exact) mass is 244 g/mol. The molecule has 0 radical (unpaired) electrons. The number of esters is 1. The van der Waals surface area contributed by atoms with Gasteiger partial charge in [0.05, 0.1) is 19.3 Å². The van der Waals surface area contributed by atoms with Gasteiger partial charge in [0.2, 0.25) is 0 Å². The summed E-state index contributed by atoms with van der Waals surface area (Å²) in [5.74, 6) is -0.384. The molecule has 1 N–H and O–H groups in total. The van der Waals surface area contributed by atoms with Gasteiger partial charge in [-0.2, -0.15) is 0 Å². The van der Waals surface area contributed by atoms with Crippen LogP contribution in [0.1, 0.15) is 15.9 Å². The maximum atomic E-state index is 11.1. The van der Waals surface area contributed by atoms with Gasteiger partial charge in [0.1, 0.15) is 0 Å². The lowest BCUT2D eigenvalue weighted by molar-refractivity contribution is 0.0600. The fourth-order valence-corrected chi connectivity index (χ4v) is 1.42. The molecule has 0 atom stereocenters. The number of aliphatic hydroxyl groups is 1. The van der Waals surface area contributed by atoms with E-state index < -0.39 is 0 Å². The fourth-order valence-electron chi connectivity index (χ4n) is 0.920. The number of hydrogen-bond acceptors (Lipinski definition) is 3. The smallest absolute Gasteiger partial charge is 0.337 e. The summed E-state index contributed by atoms with van der Waals surface area (Å²) < 4.78 is 5.25. The third kappa shape index (κ3) is 2.29. The lowest BCUT2D eigenvalue weighted by Gasteiger charge is -2.03. The molecule has 0 aliphatic carbocycles. The summed E-state index contributed by atoms with van der Waals surface area (Å²) in [5, 5.41) is 8.86. The van der Waals surface area contributed by atoms with Crippen LogP contribution in [0, 0.1) is 0 Å². The van der Waals surface area contributed by atoms with Crippen molar-refractivity contribution < 1.29 is 14.6 Å². The summed E-state index contributed by atoms with van der Waals surface area (Å²) in [6, 6.07) is 4.91. The maximum Gasteiger partial charge on any atom is 0.337 e. The minimum atomic E-state index is -0.384. The number of benzene rings is 1. The van der Waals surface area contributed by atoms with Gasteiger partial charge in [0, 0.05) is 4.47 Å². The highest BCUT2D eigenvalue weighted by Gasteiger charge is 2.07. The molecule has 0 amide bonds. The Morgan fingerprint density at radius 2 is 2.31 bits per heavy atom. The van der Waals surface area contributed by atoms with Crippen molar-refractivity contribution in [1.82, 2.24) is 0 Å². The Morgan fingerprint density at radius 1 is 1.62 bits per heavy atom. The van der Waals surface area contributed by atoms with E-state index in [0.29, 0.717) is 10.0 Å². The molecule has 0 spiro atoms. The van der Waals surface area contributed by atoms with Crippen molar-refractivity contribution in [3.8, 4) is 0 Å². The summed E-state index contributed by atoms with van der Waals surface area (Å²) in [7, 11) is 1.33. The SMILES string of the molecule is COC(=O)c1ccc(CO)c(Br)c1. The molecule has 70 valence electrons. The largest absolute Gasteiger partial charge is 0.465 e. The van der Waals surface area contributed by atoms with E-state index in [0.717, 1.165) is 5.56 Å². The molecule has 0 saturated heterocycles. The maximum absolute atomic E-state index is 11.1. The summed E-state index contributed by atoms with van der Waals surface area (Å²) in [5.41, 5.74) is 1.21. The molecule has 1 aromatic rings. The first kappa shape index (κ1) is 10.2. The van der Waals surface area contributed by atoms with Gasteiger partial charge >= 0.3 is 5.97 Å². The van der Waals surface area contributed by atoms with Crippen LogP contribution in [0.15, 0.2) is 22.7 Å². The predicted octanol–water partition coefficient (Wildman–Crippen LogP) is 1.73. The second kappa shape index (κ2) is 4.39. The number of halogens is 1. The van der Waals surface area contributed by atoms with Crippen molar-refractivity contribution in [2.24, 2.45) is 0 Å². The van der Waals surface area contributed by atoms with E-state index in [1.165, 1.54) is 7.11 Å². The number of carbonyl (C=O) groups excluding carboxylic acids is 1. The molecule has 0 aliphatic heterocycles. The van der Waals surface area contributed by atoms with Gasteiger partial charge in [0.15, 0.2) is 0 Å². The standard InChI is InChI=1S/C9H9BrO3/c1-13-9(12)6-2-3-7(5-11)8(10)4-6/h2-4,11H,5H2,1H3. The zero-order valence-corrected chi connectivity index (χ0v) is 8.67. The molecule has 3 nitrogen and oxygen atoms in total. The molecule has 0 bridgehead atoms.